The fourth-order valence-corrected chi connectivity index (χ4v) is 2.52. The van der Waals surface area contributed by atoms with E-state index in [0.29, 0.717) is 24.0 Å². The van der Waals surface area contributed by atoms with Gasteiger partial charge in [0, 0.05) is 0 Å². The molecule has 0 amide bonds. The van der Waals surface area contributed by atoms with E-state index < -0.39 is 0 Å². The van der Waals surface area contributed by atoms with Crippen LogP contribution in [0.15, 0.2) is 72.8 Å². The van der Waals surface area contributed by atoms with Crippen molar-refractivity contribution in [3.8, 4) is 0 Å². The minimum atomic E-state index is -0.343. The van der Waals surface area contributed by atoms with Gasteiger partial charge in [-0.25, -0.2) is 9.59 Å². The highest BCUT2D eigenvalue weighted by molar-refractivity contribution is 5.90. The summed E-state index contributed by atoms with van der Waals surface area (Å²) in [6, 6.07) is 17.8. The number of esters is 2. The van der Waals surface area contributed by atoms with Crippen LogP contribution in [0.5, 0.6) is 0 Å². The molecule has 4 nitrogen and oxygen atoms in total. The Balaban J connectivity index is 1.53. The van der Waals surface area contributed by atoms with Gasteiger partial charge in [0.1, 0.15) is 12.2 Å². The second kappa shape index (κ2) is 7.59. The highest BCUT2D eigenvalue weighted by Gasteiger charge is 2.22. The molecule has 4 heteroatoms. The summed E-state index contributed by atoms with van der Waals surface area (Å²) in [6.45, 7) is 0. The number of hydrogen-bond donors (Lipinski definition) is 0. The average Bonchev–Trinajstić information content (AvgIpc) is 2.65. The van der Waals surface area contributed by atoms with Crippen LogP contribution in [0.25, 0.3) is 0 Å². The minimum absolute atomic E-state index is 0.288. The lowest BCUT2D eigenvalue weighted by molar-refractivity contribution is 0.0223. The zero-order valence-corrected chi connectivity index (χ0v) is 13.1. The SMILES string of the molecule is O=C(O[C@@H]1C=C[C@H](OC(=O)c2ccccc2)CC1)c1ccccc1. The van der Waals surface area contributed by atoms with E-state index in [9.17, 15) is 9.59 Å². The van der Waals surface area contributed by atoms with Gasteiger partial charge in [-0.2, -0.15) is 0 Å². The first-order chi connectivity index (χ1) is 11.7. The molecule has 0 aliphatic heterocycles. The maximum absolute atomic E-state index is 12.0. The quantitative estimate of drug-likeness (QED) is 0.635. The van der Waals surface area contributed by atoms with Crippen LogP contribution in [0.1, 0.15) is 33.6 Å². The van der Waals surface area contributed by atoms with Gasteiger partial charge < -0.3 is 9.47 Å². The molecule has 0 spiro atoms. The molecule has 24 heavy (non-hydrogen) atoms. The van der Waals surface area contributed by atoms with E-state index in [2.05, 4.69) is 0 Å². The minimum Gasteiger partial charge on any atom is -0.455 e. The summed E-state index contributed by atoms with van der Waals surface area (Å²) < 4.78 is 10.9. The van der Waals surface area contributed by atoms with Gasteiger partial charge >= 0.3 is 11.9 Å². The smallest absolute Gasteiger partial charge is 0.338 e. The fraction of sp³-hybridized carbons (Fsp3) is 0.200. The second-order valence-corrected chi connectivity index (χ2v) is 5.58. The van der Waals surface area contributed by atoms with Gasteiger partial charge in [0.05, 0.1) is 11.1 Å². The Hall–Kier alpha value is -2.88. The van der Waals surface area contributed by atoms with E-state index in [4.69, 9.17) is 9.47 Å². The molecule has 1 aliphatic rings. The first kappa shape index (κ1) is 16.0. The third-order valence-electron chi connectivity index (χ3n) is 3.81. The molecule has 0 aromatic heterocycles. The van der Waals surface area contributed by atoms with Crippen molar-refractivity contribution in [2.45, 2.75) is 25.0 Å². The van der Waals surface area contributed by atoms with Gasteiger partial charge in [-0.15, -0.1) is 0 Å². The molecule has 0 unspecified atom stereocenters. The lowest BCUT2D eigenvalue weighted by Crippen LogP contribution is -2.25. The number of rotatable bonds is 4. The van der Waals surface area contributed by atoms with E-state index >= 15 is 0 Å². The highest BCUT2D eigenvalue weighted by atomic mass is 16.6. The zero-order chi connectivity index (χ0) is 16.8. The third-order valence-corrected chi connectivity index (χ3v) is 3.81. The lowest BCUT2D eigenvalue weighted by atomic mass is 10.0. The van der Waals surface area contributed by atoms with E-state index in [1.54, 1.807) is 60.7 Å². The largest absolute Gasteiger partial charge is 0.455 e. The topological polar surface area (TPSA) is 52.6 Å². The number of carbonyl (C=O) groups excluding carboxylic acids is 2. The maximum Gasteiger partial charge on any atom is 0.338 e. The first-order valence-electron chi connectivity index (χ1n) is 7.93. The van der Waals surface area contributed by atoms with Crippen molar-refractivity contribution in [1.29, 1.82) is 0 Å². The number of carbonyl (C=O) groups is 2. The summed E-state index contributed by atoms with van der Waals surface area (Å²) in [7, 11) is 0. The van der Waals surface area contributed by atoms with Gasteiger partial charge in [0.15, 0.2) is 0 Å². The molecule has 0 fully saturated rings. The standard InChI is InChI=1S/C20H18O4/c21-19(15-7-3-1-4-8-15)23-17-11-13-18(14-12-17)24-20(22)16-9-5-2-6-10-16/h1-11,13,17-18H,12,14H2/t17-,18+. The van der Waals surface area contributed by atoms with Crippen LogP contribution in [-0.2, 0) is 9.47 Å². The molecule has 0 N–H and O–H groups in total. The Morgan fingerprint density at radius 3 is 1.38 bits per heavy atom. The van der Waals surface area contributed by atoms with Crippen LogP contribution in [0, 0.1) is 0 Å². The summed E-state index contributed by atoms with van der Waals surface area (Å²) in [6.07, 6.45) is 4.25. The molecular weight excluding hydrogens is 304 g/mol. The van der Waals surface area contributed by atoms with Crippen molar-refractivity contribution >= 4 is 11.9 Å². The summed E-state index contributed by atoms with van der Waals surface area (Å²) >= 11 is 0. The molecule has 122 valence electrons. The Labute approximate surface area is 140 Å². The maximum atomic E-state index is 12.0. The molecule has 0 heterocycles. The Morgan fingerprint density at radius 2 is 1.04 bits per heavy atom. The summed E-state index contributed by atoms with van der Waals surface area (Å²) in [5.41, 5.74) is 1.06. The van der Waals surface area contributed by atoms with Crippen molar-refractivity contribution in [2.24, 2.45) is 0 Å². The van der Waals surface area contributed by atoms with Gasteiger partial charge in [0.2, 0.25) is 0 Å². The third kappa shape index (κ3) is 4.10. The van der Waals surface area contributed by atoms with Crippen LogP contribution in [0.2, 0.25) is 0 Å². The molecule has 0 saturated carbocycles. The predicted molar refractivity (Wildman–Crippen MR) is 89.7 cm³/mol. The molecule has 1 aliphatic carbocycles. The van der Waals surface area contributed by atoms with Crippen molar-refractivity contribution in [3.05, 3.63) is 83.9 Å². The molecule has 0 bridgehead atoms. The molecular formula is C20H18O4. The van der Waals surface area contributed by atoms with Crippen LogP contribution in [0.3, 0.4) is 0 Å². The number of benzene rings is 2. The van der Waals surface area contributed by atoms with Crippen LogP contribution in [0.4, 0.5) is 0 Å². The normalized spacial score (nSPS) is 19.5. The van der Waals surface area contributed by atoms with Crippen LogP contribution >= 0.6 is 0 Å². The monoisotopic (exact) mass is 322 g/mol. The van der Waals surface area contributed by atoms with E-state index in [1.807, 2.05) is 12.1 Å². The molecule has 2 atom stereocenters. The summed E-state index contributed by atoms with van der Waals surface area (Å²) in [5, 5.41) is 0. The molecule has 2 aromatic rings. The van der Waals surface area contributed by atoms with Gasteiger partial charge in [0.25, 0.3) is 0 Å². The van der Waals surface area contributed by atoms with Gasteiger partial charge in [-0.3, -0.25) is 0 Å². The van der Waals surface area contributed by atoms with E-state index in [-0.39, 0.29) is 24.1 Å². The Bertz CT molecular complexity index is 658. The van der Waals surface area contributed by atoms with Crippen molar-refractivity contribution in [3.63, 3.8) is 0 Å². The molecule has 3 rings (SSSR count). The van der Waals surface area contributed by atoms with Crippen molar-refractivity contribution in [2.75, 3.05) is 0 Å². The predicted octanol–water partition coefficient (Wildman–Crippen LogP) is 3.79. The zero-order valence-electron chi connectivity index (χ0n) is 13.1. The highest BCUT2D eigenvalue weighted by Crippen LogP contribution is 2.19. The lowest BCUT2D eigenvalue weighted by Gasteiger charge is -2.23. The first-order valence-corrected chi connectivity index (χ1v) is 7.93. The van der Waals surface area contributed by atoms with Crippen LogP contribution in [-0.4, -0.2) is 24.1 Å². The molecule has 0 radical (unpaired) electrons. The fourth-order valence-electron chi connectivity index (χ4n) is 2.52. The van der Waals surface area contributed by atoms with Crippen LogP contribution < -0.4 is 0 Å². The Morgan fingerprint density at radius 1 is 0.667 bits per heavy atom. The second-order valence-electron chi connectivity index (χ2n) is 5.58. The number of ether oxygens (including phenoxy) is 2. The average molecular weight is 322 g/mol. The summed E-state index contributed by atoms with van der Waals surface area (Å²) in [4.78, 5) is 24.0. The Kier molecular flexibility index (Phi) is 5.06. The van der Waals surface area contributed by atoms with E-state index in [1.165, 1.54) is 0 Å². The number of hydrogen-bond acceptors (Lipinski definition) is 4. The van der Waals surface area contributed by atoms with Crippen molar-refractivity contribution < 1.29 is 19.1 Å². The molecule has 0 saturated heterocycles. The molecule has 2 aromatic carbocycles. The van der Waals surface area contributed by atoms with Crippen molar-refractivity contribution in [1.82, 2.24) is 0 Å². The van der Waals surface area contributed by atoms with Gasteiger partial charge in [-0.1, -0.05) is 36.4 Å². The summed E-state index contributed by atoms with van der Waals surface area (Å²) in [5.74, 6) is -0.685. The van der Waals surface area contributed by atoms with Gasteiger partial charge in [-0.05, 0) is 49.3 Å². The van der Waals surface area contributed by atoms with E-state index in [0.717, 1.165) is 0 Å².